The SMILES string of the molecule is COC(=O)c1ccc(NC(=O)c2ccc(NC(=O)c3ccc([N+](=O)[O-])c(OCc4ccccc4)n3)c(OCC(=O)OC(C)(C)C)n2)c(OCC(=O)OC(C)(C)C)n1. The van der Waals surface area contributed by atoms with Crippen LogP contribution in [0.5, 0.6) is 17.6 Å². The number of rotatable bonds is 15. The van der Waals surface area contributed by atoms with E-state index in [2.05, 4.69) is 25.6 Å². The molecule has 0 atom stereocenters. The minimum absolute atomic E-state index is 0.0707. The lowest BCUT2D eigenvalue weighted by Crippen LogP contribution is -2.28. The number of nitrogens with zero attached hydrogens (tertiary/aromatic N) is 4. The molecule has 4 rings (SSSR count). The van der Waals surface area contributed by atoms with Crippen LogP contribution in [0.25, 0.3) is 0 Å². The molecule has 1 aromatic carbocycles. The minimum Gasteiger partial charge on any atom is -0.468 e. The Labute approximate surface area is 326 Å². The molecule has 0 aliphatic heterocycles. The van der Waals surface area contributed by atoms with E-state index in [1.165, 1.54) is 24.3 Å². The number of benzene rings is 1. The van der Waals surface area contributed by atoms with Gasteiger partial charge in [0.2, 0.25) is 11.8 Å². The molecule has 2 N–H and O–H groups in total. The first-order chi connectivity index (χ1) is 26.8. The zero-order valence-electron chi connectivity index (χ0n) is 32.1. The predicted octanol–water partition coefficient (Wildman–Crippen LogP) is 5.09. The summed E-state index contributed by atoms with van der Waals surface area (Å²) in [5.41, 5.74) is -2.45. The number of methoxy groups -OCH3 is 1. The fraction of sp³-hybridized carbons (Fsp3) is 0.316. The number of carbonyl (C=O) groups is 5. The zero-order chi connectivity index (χ0) is 41.9. The van der Waals surface area contributed by atoms with Crippen molar-refractivity contribution in [3.05, 3.63) is 99.5 Å². The van der Waals surface area contributed by atoms with Gasteiger partial charge < -0.3 is 39.1 Å². The third kappa shape index (κ3) is 13.0. The van der Waals surface area contributed by atoms with Crippen molar-refractivity contribution >= 4 is 46.8 Å². The number of carbonyl (C=O) groups excluding carboxylic acids is 5. The number of nitro groups is 1. The van der Waals surface area contributed by atoms with Crippen LogP contribution in [0.1, 0.15) is 78.6 Å². The number of hydrogen-bond acceptors (Lipinski definition) is 16. The molecule has 0 spiro atoms. The number of amides is 2. The third-order valence-corrected chi connectivity index (χ3v) is 6.83. The molecule has 19 nitrogen and oxygen atoms in total. The fourth-order valence-corrected chi connectivity index (χ4v) is 4.54. The van der Waals surface area contributed by atoms with Gasteiger partial charge in [-0.3, -0.25) is 19.7 Å². The zero-order valence-corrected chi connectivity index (χ0v) is 32.1. The monoisotopic (exact) mass is 788 g/mol. The Kier molecular flexibility index (Phi) is 13.8. The molecule has 0 bridgehead atoms. The normalized spacial score (nSPS) is 11.1. The summed E-state index contributed by atoms with van der Waals surface area (Å²) < 4.78 is 32.0. The Balaban J connectivity index is 1.62. The van der Waals surface area contributed by atoms with Gasteiger partial charge in [-0.1, -0.05) is 30.3 Å². The standard InChI is InChI=1S/C38H40N6O13/c1-37(2,3)56-29(45)20-54-33-25(39-32(48)24-17-18-28(44(50)51)35(42-24)53-19-22-11-9-8-10-12-22)14-13-23(41-33)31(47)40-26-15-16-27(36(49)52-7)43-34(26)55-21-30(46)57-38(4,5)6/h8-18H,19-21H2,1-7H3,(H,39,48)(H,40,47). The first-order valence-corrected chi connectivity index (χ1v) is 17.1. The van der Waals surface area contributed by atoms with E-state index < -0.39 is 76.5 Å². The van der Waals surface area contributed by atoms with Crippen molar-refractivity contribution in [2.45, 2.75) is 59.4 Å². The predicted molar refractivity (Wildman–Crippen MR) is 200 cm³/mol. The highest BCUT2D eigenvalue weighted by atomic mass is 16.6. The van der Waals surface area contributed by atoms with Crippen molar-refractivity contribution in [2.75, 3.05) is 31.0 Å². The van der Waals surface area contributed by atoms with Crippen molar-refractivity contribution in [2.24, 2.45) is 0 Å². The Morgan fingerprint density at radius 2 is 1.09 bits per heavy atom. The number of esters is 3. The topological polar surface area (TPSA) is 247 Å². The summed E-state index contributed by atoms with van der Waals surface area (Å²) in [6, 6.07) is 16.0. The molecule has 3 heterocycles. The van der Waals surface area contributed by atoms with E-state index in [0.29, 0.717) is 5.56 Å². The van der Waals surface area contributed by atoms with Gasteiger partial charge >= 0.3 is 23.6 Å². The van der Waals surface area contributed by atoms with Crippen LogP contribution in [0.4, 0.5) is 17.1 Å². The van der Waals surface area contributed by atoms with Gasteiger partial charge in [-0.15, -0.1) is 0 Å². The second kappa shape index (κ2) is 18.4. The Morgan fingerprint density at radius 1 is 0.632 bits per heavy atom. The van der Waals surface area contributed by atoms with E-state index in [-0.39, 0.29) is 40.9 Å². The number of pyridine rings is 3. The van der Waals surface area contributed by atoms with Gasteiger partial charge in [-0.05, 0) is 77.4 Å². The largest absolute Gasteiger partial charge is 0.468 e. The van der Waals surface area contributed by atoms with Gasteiger partial charge in [0.25, 0.3) is 17.7 Å². The summed E-state index contributed by atoms with van der Waals surface area (Å²) in [5, 5.41) is 16.7. The number of nitrogens with one attached hydrogen (secondary N) is 2. The summed E-state index contributed by atoms with van der Waals surface area (Å²) in [6.07, 6.45) is 0. The highest BCUT2D eigenvalue weighted by molar-refractivity contribution is 6.06. The molecule has 0 unspecified atom stereocenters. The molecule has 57 heavy (non-hydrogen) atoms. The lowest BCUT2D eigenvalue weighted by molar-refractivity contribution is -0.386. The number of hydrogen-bond donors (Lipinski definition) is 2. The van der Waals surface area contributed by atoms with Crippen LogP contribution in [-0.2, 0) is 30.4 Å². The maximum Gasteiger partial charge on any atom is 0.356 e. The molecule has 0 saturated heterocycles. The molecular formula is C38H40N6O13. The number of anilines is 2. The Morgan fingerprint density at radius 3 is 1.56 bits per heavy atom. The van der Waals surface area contributed by atoms with Gasteiger partial charge in [0.15, 0.2) is 18.9 Å². The van der Waals surface area contributed by atoms with E-state index in [4.69, 9.17) is 28.4 Å². The molecule has 4 aromatic rings. The van der Waals surface area contributed by atoms with E-state index in [1.54, 1.807) is 71.9 Å². The molecule has 0 aliphatic rings. The second-order valence-electron chi connectivity index (χ2n) is 13.8. The lowest BCUT2D eigenvalue weighted by Gasteiger charge is -2.20. The Hall–Kier alpha value is -7.18. The molecule has 3 aromatic heterocycles. The summed E-state index contributed by atoms with van der Waals surface area (Å²) in [6.45, 7) is 8.53. The summed E-state index contributed by atoms with van der Waals surface area (Å²) >= 11 is 0. The summed E-state index contributed by atoms with van der Waals surface area (Å²) in [5.74, 6) is -5.25. The molecule has 2 amide bonds. The second-order valence-corrected chi connectivity index (χ2v) is 13.8. The maximum atomic E-state index is 13.5. The van der Waals surface area contributed by atoms with Gasteiger partial charge in [0.05, 0.1) is 12.0 Å². The summed E-state index contributed by atoms with van der Waals surface area (Å²) in [4.78, 5) is 87.4. The molecule has 0 saturated carbocycles. The van der Waals surface area contributed by atoms with Crippen LogP contribution in [0, 0.1) is 10.1 Å². The van der Waals surface area contributed by atoms with Crippen LogP contribution >= 0.6 is 0 Å². The van der Waals surface area contributed by atoms with Crippen LogP contribution < -0.4 is 24.8 Å². The molecule has 0 fully saturated rings. The smallest absolute Gasteiger partial charge is 0.356 e. The van der Waals surface area contributed by atoms with Crippen LogP contribution in [0.3, 0.4) is 0 Å². The van der Waals surface area contributed by atoms with Crippen molar-refractivity contribution in [1.29, 1.82) is 0 Å². The van der Waals surface area contributed by atoms with Crippen molar-refractivity contribution in [3.8, 4) is 17.6 Å². The molecule has 0 aliphatic carbocycles. The fourth-order valence-electron chi connectivity index (χ4n) is 4.54. The van der Waals surface area contributed by atoms with Gasteiger partial charge in [-0.25, -0.2) is 29.3 Å². The summed E-state index contributed by atoms with van der Waals surface area (Å²) in [7, 11) is 1.14. The number of aromatic nitrogens is 3. The lowest BCUT2D eigenvalue weighted by atomic mass is 10.2. The third-order valence-electron chi connectivity index (χ3n) is 6.83. The van der Waals surface area contributed by atoms with E-state index in [1.807, 2.05) is 0 Å². The Bertz CT molecular complexity index is 2150. The highest BCUT2D eigenvalue weighted by Crippen LogP contribution is 2.29. The van der Waals surface area contributed by atoms with Crippen LogP contribution in [0.15, 0.2) is 66.7 Å². The van der Waals surface area contributed by atoms with E-state index in [0.717, 1.165) is 19.2 Å². The molecular weight excluding hydrogens is 748 g/mol. The van der Waals surface area contributed by atoms with Crippen molar-refractivity contribution in [3.63, 3.8) is 0 Å². The minimum atomic E-state index is -0.876. The maximum absolute atomic E-state index is 13.5. The van der Waals surface area contributed by atoms with Crippen molar-refractivity contribution in [1.82, 2.24) is 15.0 Å². The van der Waals surface area contributed by atoms with E-state index in [9.17, 15) is 34.1 Å². The van der Waals surface area contributed by atoms with Crippen LogP contribution in [-0.4, -0.2) is 81.1 Å². The van der Waals surface area contributed by atoms with Gasteiger partial charge in [0, 0.05) is 6.07 Å². The molecule has 300 valence electrons. The quantitative estimate of drug-likeness (QED) is 0.0689. The highest BCUT2D eigenvalue weighted by Gasteiger charge is 2.25. The van der Waals surface area contributed by atoms with Crippen molar-refractivity contribution < 1.29 is 57.3 Å². The molecule has 0 radical (unpaired) electrons. The average molecular weight is 789 g/mol. The molecule has 19 heteroatoms. The average Bonchev–Trinajstić information content (AvgIpc) is 3.14. The van der Waals surface area contributed by atoms with E-state index >= 15 is 0 Å². The van der Waals surface area contributed by atoms with Crippen LogP contribution in [0.2, 0.25) is 0 Å². The number of ether oxygens (including phenoxy) is 6. The first kappa shape index (κ1) is 42.6. The first-order valence-electron chi connectivity index (χ1n) is 17.1. The van der Waals surface area contributed by atoms with Gasteiger partial charge in [0.1, 0.15) is 40.6 Å². The van der Waals surface area contributed by atoms with Gasteiger partial charge in [-0.2, -0.15) is 0 Å².